The van der Waals surface area contributed by atoms with Crippen LogP contribution in [0.3, 0.4) is 0 Å². The molecule has 1 aromatic carbocycles. The highest BCUT2D eigenvalue weighted by Gasteiger charge is 2.33. The minimum absolute atomic E-state index is 0.218. The number of rotatable bonds is 2. The Hall–Kier alpha value is -2.05. The molecule has 1 fully saturated rings. The number of aromatic nitrogens is 1. The molecule has 1 aliphatic rings. The van der Waals surface area contributed by atoms with Crippen molar-refractivity contribution in [1.82, 2.24) is 14.8 Å². The lowest BCUT2D eigenvalue weighted by atomic mass is 10.1. The van der Waals surface area contributed by atoms with E-state index < -0.39 is 11.9 Å². The average Bonchev–Trinajstić information content (AvgIpc) is 2.89. The molecule has 1 saturated heterocycles. The highest BCUT2D eigenvalue weighted by Crippen LogP contribution is 2.22. The number of carbonyl (C=O) groups is 2. The third-order valence-electron chi connectivity index (χ3n) is 3.99. The predicted molar refractivity (Wildman–Crippen MR) is 84.8 cm³/mol. The molecule has 2 aromatic rings. The van der Waals surface area contributed by atoms with E-state index >= 15 is 0 Å². The zero-order chi connectivity index (χ0) is 15.9. The summed E-state index contributed by atoms with van der Waals surface area (Å²) >= 11 is 5.96. The van der Waals surface area contributed by atoms with Crippen LogP contribution in [0.4, 0.5) is 0 Å². The number of halogens is 1. The van der Waals surface area contributed by atoms with Gasteiger partial charge < -0.3 is 20.5 Å². The largest absolute Gasteiger partial charge is 0.368 e. The Morgan fingerprint density at radius 3 is 2.82 bits per heavy atom. The van der Waals surface area contributed by atoms with Gasteiger partial charge in [0.05, 0.1) is 0 Å². The van der Waals surface area contributed by atoms with E-state index in [1.807, 2.05) is 18.0 Å². The standard InChI is InChI=1S/C15H17ClN4O2/c1-19-4-5-20(13(8-19)14(17)21)15(22)12-7-9-6-10(16)2-3-11(9)18-12/h2-3,6-7,13,18H,4-5,8H2,1H3,(H2,17,21). The molecule has 0 spiro atoms. The predicted octanol–water partition coefficient (Wildman–Crippen LogP) is 1.06. The Bertz CT molecular complexity index is 742. The van der Waals surface area contributed by atoms with Crippen molar-refractivity contribution in [3.05, 3.63) is 35.0 Å². The molecule has 0 radical (unpaired) electrons. The Kier molecular flexibility index (Phi) is 3.80. The first-order chi connectivity index (χ1) is 10.5. The van der Waals surface area contributed by atoms with Crippen LogP contribution in [0.5, 0.6) is 0 Å². The van der Waals surface area contributed by atoms with Crippen LogP contribution in [0.15, 0.2) is 24.3 Å². The summed E-state index contributed by atoms with van der Waals surface area (Å²) in [6.07, 6.45) is 0. The monoisotopic (exact) mass is 320 g/mol. The van der Waals surface area contributed by atoms with Crippen LogP contribution >= 0.6 is 11.6 Å². The highest BCUT2D eigenvalue weighted by atomic mass is 35.5. The summed E-state index contributed by atoms with van der Waals surface area (Å²) in [5.41, 5.74) is 6.71. The summed E-state index contributed by atoms with van der Waals surface area (Å²) in [6.45, 7) is 1.63. The van der Waals surface area contributed by atoms with Gasteiger partial charge in [-0.25, -0.2) is 0 Å². The van der Waals surface area contributed by atoms with Crippen LogP contribution in [0.2, 0.25) is 5.02 Å². The summed E-state index contributed by atoms with van der Waals surface area (Å²) < 4.78 is 0. The second kappa shape index (κ2) is 5.62. The molecule has 7 heteroatoms. The lowest BCUT2D eigenvalue weighted by Gasteiger charge is -2.38. The van der Waals surface area contributed by atoms with E-state index in [0.29, 0.717) is 30.4 Å². The van der Waals surface area contributed by atoms with E-state index in [2.05, 4.69) is 4.98 Å². The Labute approximate surface area is 132 Å². The normalized spacial score (nSPS) is 19.5. The van der Waals surface area contributed by atoms with Gasteiger partial charge in [0.25, 0.3) is 5.91 Å². The van der Waals surface area contributed by atoms with E-state index in [1.165, 1.54) is 4.90 Å². The van der Waals surface area contributed by atoms with Crippen molar-refractivity contribution >= 4 is 34.3 Å². The molecular weight excluding hydrogens is 304 g/mol. The number of hydrogen-bond acceptors (Lipinski definition) is 3. The fourth-order valence-electron chi connectivity index (χ4n) is 2.78. The van der Waals surface area contributed by atoms with Crippen LogP contribution in [0.1, 0.15) is 10.5 Å². The number of hydrogen-bond donors (Lipinski definition) is 2. The van der Waals surface area contributed by atoms with Gasteiger partial charge in [-0.05, 0) is 31.3 Å². The van der Waals surface area contributed by atoms with E-state index in [1.54, 1.807) is 18.2 Å². The molecule has 0 aliphatic carbocycles. The molecule has 6 nitrogen and oxygen atoms in total. The molecule has 2 amide bonds. The van der Waals surface area contributed by atoms with Crippen LogP contribution in [0, 0.1) is 0 Å². The zero-order valence-corrected chi connectivity index (χ0v) is 12.9. The molecule has 22 heavy (non-hydrogen) atoms. The highest BCUT2D eigenvalue weighted by molar-refractivity contribution is 6.31. The fraction of sp³-hybridized carbons (Fsp3) is 0.333. The number of carbonyl (C=O) groups excluding carboxylic acids is 2. The number of aromatic amines is 1. The molecule has 3 N–H and O–H groups in total. The lowest BCUT2D eigenvalue weighted by Crippen LogP contribution is -2.59. The summed E-state index contributed by atoms with van der Waals surface area (Å²) in [4.78, 5) is 30.9. The van der Waals surface area contributed by atoms with Crippen molar-refractivity contribution in [2.45, 2.75) is 6.04 Å². The first-order valence-corrected chi connectivity index (χ1v) is 7.40. The van der Waals surface area contributed by atoms with Crippen molar-refractivity contribution in [3.8, 4) is 0 Å². The van der Waals surface area contributed by atoms with Crippen molar-refractivity contribution in [1.29, 1.82) is 0 Å². The van der Waals surface area contributed by atoms with Crippen LogP contribution < -0.4 is 5.73 Å². The Morgan fingerprint density at radius 1 is 1.32 bits per heavy atom. The van der Waals surface area contributed by atoms with Gasteiger partial charge in [0.15, 0.2) is 0 Å². The van der Waals surface area contributed by atoms with Gasteiger partial charge in [-0.3, -0.25) is 9.59 Å². The van der Waals surface area contributed by atoms with E-state index in [-0.39, 0.29) is 5.91 Å². The average molecular weight is 321 g/mol. The number of piperazine rings is 1. The molecule has 0 bridgehead atoms. The van der Waals surface area contributed by atoms with Crippen molar-refractivity contribution in [2.75, 3.05) is 26.7 Å². The zero-order valence-electron chi connectivity index (χ0n) is 12.2. The molecule has 0 saturated carbocycles. The second-order valence-corrected chi connectivity index (χ2v) is 6.03. The van der Waals surface area contributed by atoms with Gasteiger partial charge in [0.2, 0.25) is 5.91 Å². The molecule has 1 aliphatic heterocycles. The lowest BCUT2D eigenvalue weighted by molar-refractivity contribution is -0.124. The van der Waals surface area contributed by atoms with Crippen molar-refractivity contribution < 1.29 is 9.59 Å². The van der Waals surface area contributed by atoms with Gasteiger partial charge in [-0.15, -0.1) is 0 Å². The molecule has 1 unspecified atom stereocenters. The van der Waals surface area contributed by atoms with Gasteiger partial charge >= 0.3 is 0 Å². The number of amides is 2. The van der Waals surface area contributed by atoms with E-state index in [4.69, 9.17) is 17.3 Å². The van der Waals surface area contributed by atoms with E-state index in [0.717, 1.165) is 10.9 Å². The Morgan fingerprint density at radius 2 is 2.09 bits per heavy atom. The minimum atomic E-state index is -0.610. The van der Waals surface area contributed by atoms with Gasteiger partial charge in [-0.2, -0.15) is 0 Å². The van der Waals surface area contributed by atoms with Crippen molar-refractivity contribution in [2.24, 2.45) is 5.73 Å². The maximum Gasteiger partial charge on any atom is 0.271 e. The molecule has 116 valence electrons. The van der Waals surface area contributed by atoms with Crippen LogP contribution in [-0.2, 0) is 4.79 Å². The third kappa shape index (κ3) is 2.67. The third-order valence-corrected chi connectivity index (χ3v) is 4.22. The van der Waals surface area contributed by atoms with Crippen LogP contribution in [0.25, 0.3) is 10.9 Å². The minimum Gasteiger partial charge on any atom is -0.368 e. The summed E-state index contributed by atoms with van der Waals surface area (Å²) in [5, 5.41) is 1.47. The summed E-state index contributed by atoms with van der Waals surface area (Å²) in [5.74, 6) is -0.705. The van der Waals surface area contributed by atoms with Gasteiger partial charge in [0, 0.05) is 35.6 Å². The van der Waals surface area contributed by atoms with Crippen LogP contribution in [-0.4, -0.2) is 59.3 Å². The SMILES string of the molecule is CN1CCN(C(=O)c2cc3cc(Cl)ccc3[nH]2)C(C(N)=O)C1. The molecule has 3 rings (SSSR count). The number of nitrogens with zero attached hydrogens (tertiary/aromatic N) is 2. The maximum atomic E-state index is 12.7. The first kappa shape index (κ1) is 14.9. The second-order valence-electron chi connectivity index (χ2n) is 5.59. The Balaban J connectivity index is 1.92. The number of benzene rings is 1. The number of primary amides is 1. The van der Waals surface area contributed by atoms with Gasteiger partial charge in [-0.1, -0.05) is 11.6 Å². The topological polar surface area (TPSA) is 82.4 Å². The number of fused-ring (bicyclic) bond motifs is 1. The van der Waals surface area contributed by atoms with E-state index in [9.17, 15) is 9.59 Å². The smallest absolute Gasteiger partial charge is 0.271 e. The molecular formula is C15H17ClN4O2. The first-order valence-electron chi connectivity index (χ1n) is 7.03. The number of nitrogens with two attached hydrogens (primary N) is 1. The number of H-pyrrole nitrogens is 1. The fourth-order valence-corrected chi connectivity index (χ4v) is 2.96. The molecule has 1 aromatic heterocycles. The van der Waals surface area contributed by atoms with Crippen molar-refractivity contribution in [3.63, 3.8) is 0 Å². The maximum absolute atomic E-state index is 12.7. The summed E-state index contributed by atoms with van der Waals surface area (Å²) in [6, 6.07) is 6.52. The molecule has 1 atom stereocenters. The van der Waals surface area contributed by atoms with Gasteiger partial charge in [0.1, 0.15) is 11.7 Å². The summed E-state index contributed by atoms with van der Waals surface area (Å²) in [7, 11) is 1.91. The quantitative estimate of drug-likeness (QED) is 0.868. The molecule has 2 heterocycles. The number of nitrogens with one attached hydrogen (secondary N) is 1. The number of likely N-dealkylation sites (N-methyl/N-ethyl adjacent to an activating group) is 1.